The van der Waals surface area contributed by atoms with Gasteiger partial charge >= 0.3 is 22.7 Å². The number of rotatable bonds is 2. The summed E-state index contributed by atoms with van der Waals surface area (Å²) in [5, 5.41) is 3.49. The zero-order valence-electron chi connectivity index (χ0n) is 16.7. The summed E-state index contributed by atoms with van der Waals surface area (Å²) in [6.07, 6.45) is 0.944. The Morgan fingerprint density at radius 3 is 2.26 bits per heavy atom. The highest BCUT2D eigenvalue weighted by atomic mass is 35.5. The number of nitrogens with zero attached hydrogens (tertiary/aromatic N) is 2. The van der Waals surface area contributed by atoms with Crippen LogP contribution in [0.2, 0.25) is 5.02 Å². The molecule has 166 valence electrons. The normalized spacial score (nSPS) is 18.9. The zero-order chi connectivity index (χ0) is 23.1. The van der Waals surface area contributed by atoms with E-state index < -0.39 is 39.7 Å². The summed E-state index contributed by atoms with van der Waals surface area (Å²) in [4.78, 5) is 0. The van der Waals surface area contributed by atoms with Crippen LogP contribution in [-0.2, 0) is 19.3 Å². The topological polar surface area (TPSA) is 70.4 Å². The van der Waals surface area contributed by atoms with E-state index in [2.05, 4.69) is 5.10 Å². The first-order chi connectivity index (χ1) is 14.1. The quantitative estimate of drug-likeness (QED) is 0.412. The van der Waals surface area contributed by atoms with Crippen molar-refractivity contribution in [2.45, 2.75) is 44.4 Å². The fourth-order valence-corrected chi connectivity index (χ4v) is 4.47. The van der Waals surface area contributed by atoms with Crippen LogP contribution in [0.25, 0.3) is 21.7 Å². The summed E-state index contributed by atoms with van der Waals surface area (Å²) in [6.45, 7) is 7.04. The van der Waals surface area contributed by atoms with Crippen LogP contribution < -0.4 is 5.46 Å². The van der Waals surface area contributed by atoms with Gasteiger partial charge in [-0.25, -0.2) is 4.39 Å². The molecule has 1 fully saturated rings. The number of hydrogen-bond acceptors (Lipinski definition) is 5. The van der Waals surface area contributed by atoms with Gasteiger partial charge in [-0.05, 0) is 45.2 Å². The minimum Gasteiger partial charge on any atom is -0.399 e. The second-order valence-corrected chi connectivity index (χ2v) is 10.3. The van der Waals surface area contributed by atoms with Gasteiger partial charge in [-0.1, -0.05) is 17.7 Å². The highest BCUT2D eigenvalue weighted by molar-refractivity contribution is 7.90. The van der Waals surface area contributed by atoms with Crippen LogP contribution in [0.3, 0.4) is 0 Å². The Hall–Kier alpha value is -1.89. The third kappa shape index (κ3) is 3.14. The molecule has 4 rings (SSSR count). The van der Waals surface area contributed by atoms with E-state index in [-0.39, 0.29) is 36.2 Å². The van der Waals surface area contributed by atoms with Crippen molar-refractivity contribution in [2.24, 2.45) is 0 Å². The predicted octanol–water partition coefficient (Wildman–Crippen LogP) is 3.98. The van der Waals surface area contributed by atoms with Crippen LogP contribution in [0.1, 0.15) is 27.7 Å². The van der Waals surface area contributed by atoms with E-state index >= 15 is 0 Å². The van der Waals surface area contributed by atoms with Crippen molar-refractivity contribution >= 4 is 55.9 Å². The fraction of sp³-hybridized carbons (Fsp3) is 0.389. The minimum absolute atomic E-state index is 0.0219. The summed E-state index contributed by atoms with van der Waals surface area (Å²) in [7, 11) is -6.98. The van der Waals surface area contributed by atoms with Crippen LogP contribution in [0.4, 0.5) is 17.6 Å². The molecule has 2 heterocycles. The van der Waals surface area contributed by atoms with Crippen molar-refractivity contribution in [2.75, 3.05) is 0 Å². The summed E-state index contributed by atoms with van der Waals surface area (Å²) in [5.74, 6) is -0.762. The number of fused-ring (bicyclic) bond motifs is 2. The number of benzene rings is 2. The molecule has 0 aliphatic carbocycles. The molecule has 0 amide bonds. The van der Waals surface area contributed by atoms with E-state index in [0.717, 1.165) is 18.3 Å². The molecule has 0 N–H and O–H groups in total. The molecule has 1 aliphatic rings. The lowest BCUT2D eigenvalue weighted by molar-refractivity contribution is -0.0448. The molecular formula is C18H16BClF4N2O4S. The van der Waals surface area contributed by atoms with Crippen molar-refractivity contribution in [1.82, 2.24) is 9.19 Å². The van der Waals surface area contributed by atoms with Crippen LogP contribution in [0, 0.1) is 5.82 Å². The maximum Gasteiger partial charge on any atom is 0.518 e. The highest BCUT2D eigenvalue weighted by Gasteiger charge is 2.53. The summed E-state index contributed by atoms with van der Waals surface area (Å²) in [5.41, 5.74) is -7.51. The molecule has 0 radical (unpaired) electrons. The van der Waals surface area contributed by atoms with E-state index in [0.29, 0.717) is 0 Å². The van der Waals surface area contributed by atoms with E-state index in [1.54, 1.807) is 27.7 Å². The van der Waals surface area contributed by atoms with Gasteiger partial charge in [-0.3, -0.25) is 0 Å². The maximum atomic E-state index is 14.3. The lowest BCUT2D eigenvalue weighted by Crippen LogP contribution is -2.41. The molecular weight excluding hydrogens is 463 g/mol. The number of halogens is 5. The van der Waals surface area contributed by atoms with Gasteiger partial charge in [0.25, 0.3) is 0 Å². The zero-order valence-corrected chi connectivity index (χ0v) is 18.3. The summed E-state index contributed by atoms with van der Waals surface area (Å²) < 4.78 is 89.9. The van der Waals surface area contributed by atoms with Gasteiger partial charge in [0.15, 0.2) is 0 Å². The van der Waals surface area contributed by atoms with E-state index in [1.165, 1.54) is 6.07 Å². The molecule has 13 heteroatoms. The van der Waals surface area contributed by atoms with Crippen molar-refractivity contribution < 1.29 is 35.3 Å². The summed E-state index contributed by atoms with van der Waals surface area (Å²) >= 11 is 6.21. The van der Waals surface area contributed by atoms with Crippen molar-refractivity contribution in [1.29, 1.82) is 0 Å². The molecule has 0 saturated carbocycles. The number of aromatic nitrogens is 2. The van der Waals surface area contributed by atoms with Gasteiger partial charge in [-0.2, -0.15) is 26.7 Å². The molecule has 2 aromatic carbocycles. The number of hydrogen-bond donors (Lipinski definition) is 0. The molecule has 1 aliphatic heterocycles. The Labute approximate surface area is 180 Å². The third-order valence-corrected chi connectivity index (χ3v) is 7.46. The average molecular weight is 479 g/mol. The standard InChI is InChI=1S/C18H16BClF4N2O4S/c1-16(2)17(3,4)30-19(29-16)14-10-8-25-26(31(27,28)18(22,23)24)12(10)7-9-5-6-11(21)15(20)13(9)14/h5-8H,1-4H3. The van der Waals surface area contributed by atoms with Crippen molar-refractivity contribution in [3.8, 4) is 0 Å². The smallest absolute Gasteiger partial charge is 0.399 e. The lowest BCUT2D eigenvalue weighted by atomic mass is 9.74. The van der Waals surface area contributed by atoms with Gasteiger partial charge in [0, 0.05) is 16.2 Å². The lowest BCUT2D eigenvalue weighted by Gasteiger charge is -2.32. The van der Waals surface area contributed by atoms with Crippen LogP contribution >= 0.6 is 11.6 Å². The van der Waals surface area contributed by atoms with Gasteiger partial charge in [-0.15, -0.1) is 4.09 Å². The van der Waals surface area contributed by atoms with Gasteiger partial charge in [0.2, 0.25) is 0 Å². The first-order valence-electron chi connectivity index (χ1n) is 9.04. The monoisotopic (exact) mass is 478 g/mol. The largest absolute Gasteiger partial charge is 0.518 e. The van der Waals surface area contributed by atoms with Gasteiger partial charge in [0.05, 0.1) is 27.9 Å². The number of alkyl halides is 3. The Bertz CT molecular complexity index is 1320. The first kappa shape index (κ1) is 22.3. The highest BCUT2D eigenvalue weighted by Crippen LogP contribution is 2.39. The Balaban J connectivity index is 2.11. The Kier molecular flexibility index (Phi) is 4.73. The molecule has 31 heavy (non-hydrogen) atoms. The molecule has 0 unspecified atom stereocenters. The second kappa shape index (κ2) is 6.56. The molecule has 1 saturated heterocycles. The first-order valence-corrected chi connectivity index (χ1v) is 10.9. The minimum atomic E-state index is -5.82. The molecule has 1 aromatic heterocycles. The third-order valence-electron chi connectivity index (χ3n) is 5.76. The average Bonchev–Trinajstić information content (AvgIpc) is 3.13. The van der Waals surface area contributed by atoms with E-state index in [9.17, 15) is 26.0 Å². The molecule has 0 bridgehead atoms. The Morgan fingerprint density at radius 1 is 1.13 bits per heavy atom. The molecule has 0 spiro atoms. The van der Waals surface area contributed by atoms with Crippen molar-refractivity contribution in [3.05, 3.63) is 35.2 Å². The van der Waals surface area contributed by atoms with Crippen LogP contribution in [0.15, 0.2) is 24.4 Å². The summed E-state index contributed by atoms with van der Waals surface area (Å²) in [6, 6.07) is 3.47. The SMILES string of the molecule is CC1(C)OB(c2c3cnn(S(=O)(=O)C(F)(F)F)c3cc3ccc(F)c(Cl)c23)OC1(C)C. The molecule has 6 nitrogen and oxygen atoms in total. The van der Waals surface area contributed by atoms with Gasteiger partial charge < -0.3 is 9.31 Å². The van der Waals surface area contributed by atoms with Crippen molar-refractivity contribution in [3.63, 3.8) is 0 Å². The van der Waals surface area contributed by atoms with Crippen LogP contribution in [-0.4, -0.2) is 41.4 Å². The second-order valence-electron chi connectivity index (χ2n) is 8.21. The fourth-order valence-electron chi connectivity index (χ4n) is 3.42. The Morgan fingerprint density at radius 2 is 1.71 bits per heavy atom. The van der Waals surface area contributed by atoms with E-state index in [1.807, 2.05) is 0 Å². The molecule has 3 aromatic rings. The predicted molar refractivity (Wildman–Crippen MR) is 108 cm³/mol. The molecule has 0 atom stereocenters. The van der Waals surface area contributed by atoms with Gasteiger partial charge in [0.1, 0.15) is 5.82 Å². The van der Waals surface area contributed by atoms with Crippen LogP contribution in [0.5, 0.6) is 0 Å². The van der Waals surface area contributed by atoms with E-state index in [4.69, 9.17) is 20.9 Å². The maximum absolute atomic E-state index is 14.3.